The summed E-state index contributed by atoms with van der Waals surface area (Å²) in [6, 6.07) is 22.7. The Bertz CT molecular complexity index is 1390. The van der Waals surface area contributed by atoms with Gasteiger partial charge < -0.3 is 14.7 Å². The zero-order valence-corrected chi connectivity index (χ0v) is 19.3. The number of nitrogens with one attached hydrogen (secondary N) is 1. The van der Waals surface area contributed by atoms with Gasteiger partial charge in [0, 0.05) is 29.6 Å². The normalized spacial score (nSPS) is 16.8. The number of Topliss-reactive ketones (excluding diaryl/α,β-unsaturated/α-hetero) is 1. The number of hydrogen-bond acceptors (Lipinski definition) is 5. The number of aromatic amines is 1. The molecular formula is C29H23N3O4. The summed E-state index contributed by atoms with van der Waals surface area (Å²) in [4.78, 5) is 34.7. The van der Waals surface area contributed by atoms with Gasteiger partial charge in [0.25, 0.3) is 5.91 Å². The number of hydrogen-bond donors (Lipinski definition) is 0. The quantitative estimate of drug-likeness (QED) is 0.232. The molecule has 1 atom stereocenters. The van der Waals surface area contributed by atoms with Gasteiger partial charge in [-0.2, -0.15) is 0 Å². The number of nitrogens with zero attached hydrogens (tertiary/aromatic N) is 2. The Labute approximate surface area is 208 Å². The molecule has 1 saturated heterocycles. The molecule has 36 heavy (non-hydrogen) atoms. The van der Waals surface area contributed by atoms with Crippen molar-refractivity contribution >= 4 is 17.4 Å². The number of aromatic nitrogens is 2. The zero-order chi connectivity index (χ0) is 24.9. The van der Waals surface area contributed by atoms with E-state index < -0.39 is 23.5 Å². The summed E-state index contributed by atoms with van der Waals surface area (Å²) in [6.07, 6.45) is 6.68. The lowest BCUT2D eigenvalue weighted by Gasteiger charge is -2.27. The molecule has 1 aliphatic heterocycles. The second-order valence-electron chi connectivity index (χ2n) is 8.40. The summed E-state index contributed by atoms with van der Waals surface area (Å²) in [5.74, 6) is -1.37. The summed E-state index contributed by atoms with van der Waals surface area (Å²) in [5, 5.41) is 13.6. The van der Waals surface area contributed by atoms with Crippen molar-refractivity contribution in [3.8, 4) is 5.75 Å². The molecule has 1 amide bonds. The fourth-order valence-corrected chi connectivity index (χ4v) is 4.25. The summed E-state index contributed by atoms with van der Waals surface area (Å²) in [7, 11) is 0. The van der Waals surface area contributed by atoms with E-state index in [-0.39, 0.29) is 12.1 Å². The van der Waals surface area contributed by atoms with Crippen molar-refractivity contribution in [2.75, 3.05) is 0 Å². The number of amides is 1. The molecule has 178 valence electrons. The Balaban J connectivity index is 1.47. The standard InChI is InChI=1S/C29H23N3O4/c33-27(23-8-10-24(11-9-23)36-19-20-5-2-1-3-6-20)25-26(22-12-15-30-16-13-22)32(29(35)28(25)34)18-21-7-4-14-31-17-21/h1-17,26,33H,18-19H2/b27-25+. The van der Waals surface area contributed by atoms with E-state index in [2.05, 4.69) is 9.97 Å². The first-order chi connectivity index (χ1) is 17.6. The number of carbonyl (C=O) groups is 2. The van der Waals surface area contributed by atoms with Crippen molar-refractivity contribution in [1.29, 1.82) is 0 Å². The van der Waals surface area contributed by atoms with E-state index in [1.165, 1.54) is 4.90 Å². The molecule has 0 bridgehead atoms. The van der Waals surface area contributed by atoms with Gasteiger partial charge in [-0.1, -0.05) is 48.2 Å². The average Bonchev–Trinajstić information content (AvgIpc) is 3.18. The van der Waals surface area contributed by atoms with E-state index in [0.29, 0.717) is 23.5 Å². The topological polar surface area (TPSA) is 96.7 Å². The minimum Gasteiger partial charge on any atom is -0.872 e. The predicted octanol–water partition coefficient (Wildman–Crippen LogP) is 2.90. The van der Waals surface area contributed by atoms with E-state index in [9.17, 15) is 14.7 Å². The van der Waals surface area contributed by atoms with E-state index in [1.807, 2.05) is 42.5 Å². The number of benzene rings is 2. The molecule has 0 radical (unpaired) electrons. The summed E-state index contributed by atoms with van der Waals surface area (Å²) in [5.41, 5.74) is 2.73. The molecule has 7 heteroatoms. The summed E-state index contributed by atoms with van der Waals surface area (Å²) in [6.45, 7) is 0.576. The van der Waals surface area contributed by atoms with Crippen molar-refractivity contribution in [2.24, 2.45) is 0 Å². The molecule has 1 N–H and O–H groups in total. The minimum absolute atomic E-state index is 0.0657. The molecule has 3 heterocycles. The lowest BCUT2D eigenvalue weighted by molar-refractivity contribution is -0.378. The third kappa shape index (κ3) is 4.72. The molecule has 4 aromatic rings. The number of likely N-dealkylation sites (tertiary alicyclic amines) is 1. The van der Waals surface area contributed by atoms with E-state index in [4.69, 9.17) is 4.74 Å². The number of H-pyrrole nitrogens is 1. The first kappa shape index (κ1) is 23.0. The highest BCUT2D eigenvalue weighted by Crippen LogP contribution is 2.39. The molecule has 0 saturated carbocycles. The van der Waals surface area contributed by atoms with Gasteiger partial charge in [0.2, 0.25) is 5.78 Å². The van der Waals surface area contributed by atoms with Crippen LogP contribution in [-0.4, -0.2) is 21.6 Å². The number of pyridine rings is 2. The Morgan fingerprint density at radius 2 is 1.64 bits per heavy atom. The van der Waals surface area contributed by atoms with Gasteiger partial charge in [0.1, 0.15) is 12.4 Å². The van der Waals surface area contributed by atoms with Crippen LogP contribution in [0.25, 0.3) is 5.76 Å². The third-order valence-corrected chi connectivity index (χ3v) is 6.04. The molecule has 2 aromatic carbocycles. The van der Waals surface area contributed by atoms with Gasteiger partial charge in [0.05, 0.1) is 12.6 Å². The number of rotatable bonds is 7. The summed E-state index contributed by atoms with van der Waals surface area (Å²) >= 11 is 0. The second-order valence-corrected chi connectivity index (χ2v) is 8.40. The van der Waals surface area contributed by atoms with Crippen molar-refractivity contribution in [3.05, 3.63) is 131 Å². The predicted molar refractivity (Wildman–Crippen MR) is 130 cm³/mol. The second kappa shape index (κ2) is 10.2. The van der Waals surface area contributed by atoms with E-state index in [1.54, 1.807) is 61.2 Å². The maximum atomic E-state index is 13.6. The SMILES string of the molecule is O=C1C(=O)N(Cc2ccc[nH+]c2)C(c2ccncc2)/C1=C(\[O-])c1ccc(OCc2ccccc2)cc1. The lowest BCUT2D eigenvalue weighted by Crippen LogP contribution is -2.29. The minimum atomic E-state index is -0.810. The van der Waals surface area contributed by atoms with Crippen LogP contribution < -0.4 is 14.8 Å². The molecule has 0 aliphatic carbocycles. The number of ether oxygens (including phenoxy) is 1. The molecule has 1 aliphatic rings. The van der Waals surface area contributed by atoms with Gasteiger partial charge in [-0.05, 0) is 47.0 Å². The maximum absolute atomic E-state index is 13.6. The van der Waals surface area contributed by atoms with Crippen LogP contribution in [0.5, 0.6) is 5.75 Å². The smallest absolute Gasteiger partial charge is 0.295 e. The van der Waals surface area contributed by atoms with Crippen molar-refractivity contribution < 1.29 is 24.4 Å². The van der Waals surface area contributed by atoms with Crippen LogP contribution in [0.4, 0.5) is 0 Å². The van der Waals surface area contributed by atoms with E-state index in [0.717, 1.165) is 11.1 Å². The van der Waals surface area contributed by atoms with Gasteiger partial charge >= 0.3 is 0 Å². The van der Waals surface area contributed by atoms with Crippen LogP contribution in [-0.2, 0) is 22.7 Å². The van der Waals surface area contributed by atoms with Crippen LogP contribution in [0.15, 0.2) is 109 Å². The van der Waals surface area contributed by atoms with Crippen molar-refractivity contribution in [3.63, 3.8) is 0 Å². The molecule has 0 spiro atoms. The molecule has 7 nitrogen and oxygen atoms in total. The molecule has 2 aromatic heterocycles. The van der Waals surface area contributed by atoms with Crippen molar-refractivity contribution in [1.82, 2.24) is 9.88 Å². The van der Waals surface area contributed by atoms with Crippen molar-refractivity contribution in [2.45, 2.75) is 19.2 Å². The molecule has 1 fully saturated rings. The monoisotopic (exact) mass is 477 g/mol. The fraction of sp³-hybridized carbons (Fsp3) is 0.103. The lowest BCUT2D eigenvalue weighted by atomic mass is 9.96. The largest absolute Gasteiger partial charge is 0.872 e. The Kier molecular flexibility index (Phi) is 6.53. The fourth-order valence-electron chi connectivity index (χ4n) is 4.25. The Hall–Kier alpha value is -4.78. The highest BCUT2D eigenvalue weighted by Gasteiger charge is 2.44. The summed E-state index contributed by atoms with van der Waals surface area (Å²) < 4.78 is 5.81. The van der Waals surface area contributed by atoms with Crippen LogP contribution in [0.2, 0.25) is 0 Å². The highest BCUT2D eigenvalue weighted by atomic mass is 16.5. The van der Waals surface area contributed by atoms with E-state index >= 15 is 0 Å². The zero-order valence-electron chi connectivity index (χ0n) is 19.3. The van der Waals surface area contributed by atoms with Crippen LogP contribution in [0.3, 0.4) is 0 Å². The van der Waals surface area contributed by atoms with Gasteiger partial charge in [-0.15, -0.1) is 0 Å². The number of carbonyl (C=O) groups excluding carboxylic acids is 2. The molecule has 1 unspecified atom stereocenters. The van der Waals surface area contributed by atoms with Gasteiger partial charge in [-0.3, -0.25) is 14.6 Å². The van der Waals surface area contributed by atoms with Crippen LogP contribution in [0, 0.1) is 0 Å². The molecule has 5 rings (SSSR count). The van der Waals surface area contributed by atoms with Crippen LogP contribution in [0.1, 0.15) is 28.3 Å². The number of ketones is 1. The van der Waals surface area contributed by atoms with Gasteiger partial charge in [-0.25, -0.2) is 4.98 Å². The van der Waals surface area contributed by atoms with Crippen LogP contribution >= 0.6 is 0 Å². The molecular weight excluding hydrogens is 454 g/mol. The maximum Gasteiger partial charge on any atom is 0.295 e. The first-order valence-corrected chi connectivity index (χ1v) is 11.5. The highest BCUT2D eigenvalue weighted by molar-refractivity contribution is 6.46. The third-order valence-electron chi connectivity index (χ3n) is 6.04. The Morgan fingerprint density at radius 1 is 0.917 bits per heavy atom. The van der Waals surface area contributed by atoms with Gasteiger partial charge in [0.15, 0.2) is 12.4 Å². The average molecular weight is 478 g/mol. The first-order valence-electron chi connectivity index (χ1n) is 11.5. The Morgan fingerprint density at radius 3 is 2.33 bits per heavy atom.